The van der Waals surface area contributed by atoms with E-state index in [4.69, 9.17) is 46.4 Å². The number of halogens is 4. The number of phenolic OH excluding ortho intramolecular Hbond substituents is 2. The summed E-state index contributed by atoms with van der Waals surface area (Å²) >= 11 is 25.3. The molecule has 2 aromatic heterocycles. The van der Waals surface area contributed by atoms with Crippen LogP contribution in [0.25, 0.3) is 5.69 Å². The van der Waals surface area contributed by atoms with Gasteiger partial charge < -0.3 is 15.2 Å². The minimum atomic E-state index is -0.640. The van der Waals surface area contributed by atoms with Crippen molar-refractivity contribution in [3.63, 3.8) is 0 Å². The Morgan fingerprint density at radius 1 is 0.824 bits per heavy atom. The van der Waals surface area contributed by atoms with Gasteiger partial charge in [0.1, 0.15) is 32.5 Å². The molecule has 0 aliphatic carbocycles. The molecule has 34 heavy (non-hydrogen) atoms. The molecular weight excluding hydrogens is 522 g/mol. The molecule has 3 N–H and O–H groups in total. The molecule has 0 atom stereocenters. The van der Waals surface area contributed by atoms with Crippen LogP contribution in [0, 0.1) is 13.8 Å². The van der Waals surface area contributed by atoms with Crippen LogP contribution in [0.4, 0.5) is 0 Å². The van der Waals surface area contributed by atoms with Gasteiger partial charge >= 0.3 is 0 Å². The van der Waals surface area contributed by atoms with Gasteiger partial charge in [-0.3, -0.25) is 14.2 Å². The molecule has 0 amide bonds. The van der Waals surface area contributed by atoms with Gasteiger partial charge in [-0.15, -0.1) is 0 Å². The SMILES string of the molecule is Cc1ccc(C(=O)c2[nH]c(Cl)c(Cl)c2-n2c(C(=O)c3ccc(C)cc3O)cc(Cl)c2Cl)c(O)c1. The van der Waals surface area contributed by atoms with Crippen molar-refractivity contribution >= 4 is 58.0 Å². The number of ketones is 2. The Morgan fingerprint density at radius 3 is 1.88 bits per heavy atom. The van der Waals surface area contributed by atoms with Gasteiger partial charge in [-0.25, -0.2) is 0 Å². The predicted octanol–water partition coefficient (Wildman–Crippen LogP) is 6.91. The van der Waals surface area contributed by atoms with Gasteiger partial charge in [0.2, 0.25) is 11.6 Å². The van der Waals surface area contributed by atoms with E-state index in [0.717, 1.165) is 11.1 Å². The first-order chi connectivity index (χ1) is 16.0. The molecule has 0 fully saturated rings. The molecule has 0 unspecified atom stereocenters. The Labute approximate surface area is 214 Å². The third-order valence-corrected chi connectivity index (χ3v) is 6.75. The molecular formula is C24H16Cl4N2O4. The minimum Gasteiger partial charge on any atom is -0.507 e. The maximum Gasteiger partial charge on any atom is 0.215 e. The number of aromatic hydroxyl groups is 2. The Balaban J connectivity index is 1.95. The van der Waals surface area contributed by atoms with Crippen LogP contribution in [0.1, 0.15) is 43.2 Å². The summed E-state index contributed by atoms with van der Waals surface area (Å²) in [4.78, 5) is 29.5. The molecule has 2 aromatic carbocycles. The van der Waals surface area contributed by atoms with Gasteiger partial charge in [0, 0.05) is 0 Å². The first-order valence-corrected chi connectivity index (χ1v) is 11.3. The lowest BCUT2D eigenvalue weighted by Crippen LogP contribution is -2.13. The zero-order valence-corrected chi connectivity index (χ0v) is 20.7. The van der Waals surface area contributed by atoms with Crippen molar-refractivity contribution in [1.82, 2.24) is 9.55 Å². The van der Waals surface area contributed by atoms with E-state index < -0.39 is 11.6 Å². The monoisotopic (exact) mass is 536 g/mol. The first-order valence-electron chi connectivity index (χ1n) is 9.84. The second-order valence-corrected chi connectivity index (χ2v) is 9.20. The number of phenols is 2. The summed E-state index contributed by atoms with van der Waals surface area (Å²) in [5.41, 5.74) is 1.29. The van der Waals surface area contributed by atoms with Gasteiger partial charge in [0.25, 0.3) is 0 Å². The van der Waals surface area contributed by atoms with Gasteiger partial charge in [0.05, 0.1) is 27.5 Å². The van der Waals surface area contributed by atoms with Crippen molar-refractivity contribution in [3.05, 3.63) is 96.5 Å². The summed E-state index contributed by atoms with van der Waals surface area (Å²) in [6.07, 6.45) is 0. The molecule has 10 heteroatoms. The molecule has 174 valence electrons. The summed E-state index contributed by atoms with van der Waals surface area (Å²) in [5, 5.41) is 20.4. The van der Waals surface area contributed by atoms with Crippen molar-refractivity contribution in [2.24, 2.45) is 0 Å². The second kappa shape index (κ2) is 9.04. The maximum atomic E-state index is 13.4. The minimum absolute atomic E-state index is 0.000469. The molecule has 0 aliphatic heterocycles. The number of hydrogen-bond donors (Lipinski definition) is 3. The van der Waals surface area contributed by atoms with Crippen molar-refractivity contribution in [1.29, 1.82) is 0 Å². The van der Waals surface area contributed by atoms with Crippen LogP contribution in [0.3, 0.4) is 0 Å². The Bertz CT molecular complexity index is 1380. The number of aryl methyl sites for hydroxylation is 2. The van der Waals surface area contributed by atoms with Crippen molar-refractivity contribution < 1.29 is 19.8 Å². The predicted molar refractivity (Wildman–Crippen MR) is 133 cm³/mol. The highest BCUT2D eigenvalue weighted by atomic mass is 35.5. The summed E-state index contributed by atoms with van der Waals surface area (Å²) in [7, 11) is 0. The lowest BCUT2D eigenvalue weighted by atomic mass is 10.0. The zero-order valence-electron chi connectivity index (χ0n) is 17.7. The summed E-state index contributed by atoms with van der Waals surface area (Å²) in [5.74, 6) is -1.73. The van der Waals surface area contributed by atoms with E-state index in [0.29, 0.717) is 0 Å². The number of hydrogen-bond acceptors (Lipinski definition) is 4. The Morgan fingerprint density at radius 2 is 1.35 bits per heavy atom. The summed E-state index contributed by atoms with van der Waals surface area (Å²) in [6, 6.07) is 10.4. The van der Waals surface area contributed by atoms with Crippen molar-refractivity contribution in [2.75, 3.05) is 0 Å². The molecule has 0 saturated heterocycles. The standard InChI is InChI=1S/C24H16Cl4N2O4/c1-10-3-5-12(16(31)7-10)21(33)15-9-14(25)24(28)30(15)20-18(26)23(27)29-19(20)22(34)13-6-4-11(2)8-17(13)32/h3-9,29,31-32H,1-2H3. The smallest absolute Gasteiger partial charge is 0.215 e. The fraction of sp³-hybridized carbons (Fsp3) is 0.0833. The quantitative estimate of drug-likeness (QED) is 0.241. The van der Waals surface area contributed by atoms with E-state index in [2.05, 4.69) is 4.98 Å². The lowest BCUT2D eigenvalue weighted by Gasteiger charge is -2.13. The van der Waals surface area contributed by atoms with E-state index in [1.807, 2.05) is 0 Å². The fourth-order valence-corrected chi connectivity index (χ4v) is 4.42. The van der Waals surface area contributed by atoms with Crippen LogP contribution < -0.4 is 0 Å². The van der Waals surface area contributed by atoms with Crippen LogP contribution in [-0.4, -0.2) is 31.3 Å². The molecule has 4 aromatic rings. The average Bonchev–Trinajstić information content (AvgIpc) is 3.22. The van der Waals surface area contributed by atoms with E-state index >= 15 is 0 Å². The topological polar surface area (TPSA) is 95.3 Å². The molecule has 6 nitrogen and oxygen atoms in total. The molecule has 4 rings (SSSR count). The maximum absolute atomic E-state index is 13.4. The van der Waals surface area contributed by atoms with Gasteiger partial charge in [-0.1, -0.05) is 58.5 Å². The highest BCUT2D eigenvalue weighted by Crippen LogP contribution is 2.40. The summed E-state index contributed by atoms with van der Waals surface area (Å²) < 4.78 is 1.19. The molecule has 0 aliphatic rings. The first kappa shape index (κ1) is 24.2. The molecule has 0 saturated carbocycles. The number of rotatable bonds is 5. The van der Waals surface area contributed by atoms with Crippen LogP contribution in [0.2, 0.25) is 20.4 Å². The molecule has 0 radical (unpaired) electrons. The van der Waals surface area contributed by atoms with E-state index in [1.165, 1.54) is 34.9 Å². The van der Waals surface area contributed by atoms with Crippen LogP contribution >= 0.6 is 46.4 Å². The molecule has 0 spiro atoms. The van der Waals surface area contributed by atoms with Crippen LogP contribution in [0.5, 0.6) is 11.5 Å². The van der Waals surface area contributed by atoms with Crippen LogP contribution in [-0.2, 0) is 0 Å². The van der Waals surface area contributed by atoms with Crippen molar-refractivity contribution in [2.45, 2.75) is 13.8 Å². The largest absolute Gasteiger partial charge is 0.507 e. The molecule has 2 heterocycles. The third-order valence-electron chi connectivity index (χ3n) is 5.25. The number of carbonyl (C=O) groups is 2. The number of benzene rings is 2. The number of nitrogens with zero attached hydrogens (tertiary/aromatic N) is 1. The third kappa shape index (κ3) is 4.07. The lowest BCUT2D eigenvalue weighted by molar-refractivity contribution is 0.101. The number of carbonyl (C=O) groups excluding carboxylic acids is 2. The Kier molecular flexibility index (Phi) is 6.44. The van der Waals surface area contributed by atoms with E-state index in [9.17, 15) is 19.8 Å². The molecule has 0 bridgehead atoms. The average molecular weight is 538 g/mol. The van der Waals surface area contributed by atoms with Crippen molar-refractivity contribution in [3.8, 4) is 17.2 Å². The normalized spacial score (nSPS) is 11.1. The van der Waals surface area contributed by atoms with Gasteiger partial charge in [0.15, 0.2) is 0 Å². The highest BCUT2D eigenvalue weighted by molar-refractivity contribution is 6.45. The fourth-order valence-electron chi connectivity index (χ4n) is 3.59. The van der Waals surface area contributed by atoms with E-state index in [-0.39, 0.29) is 60.1 Å². The number of aromatic amines is 1. The van der Waals surface area contributed by atoms with Crippen LogP contribution in [0.15, 0.2) is 42.5 Å². The van der Waals surface area contributed by atoms with Gasteiger partial charge in [-0.05, 0) is 55.3 Å². The van der Waals surface area contributed by atoms with E-state index in [1.54, 1.807) is 26.0 Å². The Hall–Kier alpha value is -2.90. The highest BCUT2D eigenvalue weighted by Gasteiger charge is 2.30. The van der Waals surface area contributed by atoms with Gasteiger partial charge in [-0.2, -0.15) is 0 Å². The number of nitrogens with one attached hydrogen (secondary N) is 1. The number of H-pyrrole nitrogens is 1. The number of aromatic nitrogens is 2. The zero-order chi connectivity index (χ0) is 24.9. The summed E-state index contributed by atoms with van der Waals surface area (Å²) in [6.45, 7) is 3.53. The second-order valence-electron chi connectivity index (χ2n) is 7.68.